The molecular weight excluding hydrogens is 338 g/mol. The molecule has 0 bridgehead atoms. The van der Waals surface area contributed by atoms with Gasteiger partial charge in [0.05, 0.1) is 5.69 Å². The van der Waals surface area contributed by atoms with Crippen molar-refractivity contribution in [2.45, 2.75) is 44.4 Å². The summed E-state index contributed by atoms with van der Waals surface area (Å²) < 4.78 is 27.4. The standard InChI is InChI=1S/C19H20F2N4O/c1-3-17(26)24-15-9-13-12(10-22-15)19(7-8-19)11-25(13)16-6-4-5-14(23-16)18(2,20)21/h4-6,9-10H,3,7-8,11H2,1-2H3,(H,22,24,26). The van der Waals surface area contributed by atoms with E-state index in [0.717, 1.165) is 31.0 Å². The summed E-state index contributed by atoms with van der Waals surface area (Å²) in [5.74, 6) is -2.15. The van der Waals surface area contributed by atoms with Crippen LogP contribution >= 0.6 is 0 Å². The monoisotopic (exact) mass is 358 g/mol. The first-order valence-electron chi connectivity index (χ1n) is 8.76. The molecule has 1 aliphatic carbocycles. The topological polar surface area (TPSA) is 58.1 Å². The Morgan fingerprint density at radius 3 is 2.81 bits per heavy atom. The summed E-state index contributed by atoms with van der Waals surface area (Å²) >= 11 is 0. The number of fused-ring (bicyclic) bond motifs is 2. The second-order valence-corrected chi connectivity index (χ2v) is 7.12. The molecule has 0 atom stereocenters. The van der Waals surface area contributed by atoms with Crippen LogP contribution in [0.5, 0.6) is 0 Å². The van der Waals surface area contributed by atoms with Crippen LogP contribution in [-0.2, 0) is 16.1 Å². The minimum atomic E-state index is -2.99. The zero-order valence-corrected chi connectivity index (χ0v) is 14.7. The van der Waals surface area contributed by atoms with E-state index in [0.29, 0.717) is 24.6 Å². The van der Waals surface area contributed by atoms with Crippen molar-refractivity contribution < 1.29 is 13.6 Å². The molecule has 5 nitrogen and oxygen atoms in total. The highest BCUT2D eigenvalue weighted by molar-refractivity contribution is 5.90. The van der Waals surface area contributed by atoms with Gasteiger partial charge in [0.25, 0.3) is 5.92 Å². The third-order valence-corrected chi connectivity index (χ3v) is 5.11. The van der Waals surface area contributed by atoms with Gasteiger partial charge in [0.2, 0.25) is 5.91 Å². The fourth-order valence-electron chi connectivity index (χ4n) is 3.45. The average Bonchev–Trinajstić information content (AvgIpc) is 3.32. The molecular formula is C19H20F2N4O. The summed E-state index contributed by atoms with van der Waals surface area (Å²) in [6, 6.07) is 6.50. The molecule has 4 rings (SSSR count). The Kier molecular flexibility index (Phi) is 3.71. The van der Waals surface area contributed by atoms with Gasteiger partial charge in [-0.2, -0.15) is 8.78 Å². The molecule has 1 N–H and O–H groups in total. The van der Waals surface area contributed by atoms with Crippen molar-refractivity contribution in [2.24, 2.45) is 0 Å². The molecule has 2 aliphatic rings. The molecule has 1 fully saturated rings. The molecule has 7 heteroatoms. The molecule has 0 saturated heterocycles. The Hall–Kier alpha value is -2.57. The number of hydrogen-bond acceptors (Lipinski definition) is 4. The molecule has 1 amide bonds. The van der Waals surface area contributed by atoms with E-state index in [9.17, 15) is 13.6 Å². The lowest BCUT2D eigenvalue weighted by Crippen LogP contribution is -2.21. The largest absolute Gasteiger partial charge is 0.325 e. The van der Waals surface area contributed by atoms with E-state index < -0.39 is 5.92 Å². The molecule has 3 heterocycles. The van der Waals surface area contributed by atoms with Crippen LogP contribution in [0.25, 0.3) is 0 Å². The van der Waals surface area contributed by atoms with Crippen molar-refractivity contribution in [1.29, 1.82) is 0 Å². The highest BCUT2D eigenvalue weighted by Crippen LogP contribution is 2.58. The zero-order chi connectivity index (χ0) is 18.5. The predicted molar refractivity (Wildman–Crippen MR) is 94.9 cm³/mol. The minimum absolute atomic E-state index is 0.0298. The number of pyridine rings is 2. The molecule has 0 aromatic carbocycles. The minimum Gasteiger partial charge on any atom is -0.325 e. The molecule has 1 saturated carbocycles. The normalized spacial score (nSPS) is 17.3. The molecule has 2 aromatic rings. The summed E-state index contributed by atoms with van der Waals surface area (Å²) in [5, 5.41) is 2.76. The van der Waals surface area contributed by atoms with Crippen LogP contribution in [0.1, 0.15) is 44.4 Å². The van der Waals surface area contributed by atoms with Gasteiger partial charge in [0.15, 0.2) is 0 Å². The number of anilines is 3. The fraction of sp³-hybridized carbons (Fsp3) is 0.421. The van der Waals surface area contributed by atoms with E-state index in [4.69, 9.17) is 0 Å². The predicted octanol–water partition coefficient (Wildman–Crippen LogP) is 4.12. The molecule has 136 valence electrons. The molecule has 26 heavy (non-hydrogen) atoms. The Labute approximate surface area is 150 Å². The Bertz CT molecular complexity index is 874. The van der Waals surface area contributed by atoms with Gasteiger partial charge < -0.3 is 10.2 Å². The van der Waals surface area contributed by atoms with E-state index in [1.165, 1.54) is 6.07 Å². The quantitative estimate of drug-likeness (QED) is 0.893. The third kappa shape index (κ3) is 2.81. The number of amides is 1. The second kappa shape index (κ2) is 5.72. The van der Waals surface area contributed by atoms with Crippen LogP contribution < -0.4 is 10.2 Å². The van der Waals surface area contributed by atoms with Gasteiger partial charge in [-0.15, -0.1) is 0 Å². The lowest BCUT2D eigenvalue weighted by molar-refractivity contribution is -0.115. The van der Waals surface area contributed by atoms with Gasteiger partial charge in [-0.1, -0.05) is 13.0 Å². The summed E-state index contributed by atoms with van der Waals surface area (Å²) in [6.07, 6.45) is 4.25. The lowest BCUT2D eigenvalue weighted by atomic mass is 10.0. The van der Waals surface area contributed by atoms with Gasteiger partial charge in [-0.25, -0.2) is 9.97 Å². The van der Waals surface area contributed by atoms with Crippen LogP contribution in [-0.4, -0.2) is 22.4 Å². The van der Waals surface area contributed by atoms with Gasteiger partial charge >= 0.3 is 0 Å². The first-order valence-corrected chi connectivity index (χ1v) is 8.76. The zero-order valence-electron chi connectivity index (χ0n) is 14.7. The Balaban J connectivity index is 1.74. The molecule has 1 spiro atoms. The highest BCUT2D eigenvalue weighted by atomic mass is 19.3. The molecule has 0 unspecified atom stereocenters. The number of nitrogens with zero attached hydrogens (tertiary/aromatic N) is 3. The van der Waals surface area contributed by atoms with Crippen LogP contribution in [0, 0.1) is 0 Å². The highest BCUT2D eigenvalue weighted by Gasteiger charge is 2.52. The SMILES string of the molecule is CCC(=O)Nc1cc2c(cn1)C1(CC1)CN2c1cccc(C(C)(F)F)n1. The number of aromatic nitrogens is 2. The number of hydrogen-bond donors (Lipinski definition) is 1. The van der Waals surface area contributed by atoms with Crippen LogP contribution in [0.2, 0.25) is 0 Å². The third-order valence-electron chi connectivity index (χ3n) is 5.11. The van der Waals surface area contributed by atoms with E-state index in [2.05, 4.69) is 15.3 Å². The molecule has 0 radical (unpaired) electrons. The maximum Gasteiger partial charge on any atom is 0.287 e. The fourth-order valence-corrected chi connectivity index (χ4v) is 3.45. The number of nitrogens with one attached hydrogen (secondary N) is 1. The van der Waals surface area contributed by atoms with E-state index in [-0.39, 0.29) is 17.0 Å². The van der Waals surface area contributed by atoms with Crippen molar-refractivity contribution in [1.82, 2.24) is 9.97 Å². The summed E-state index contributed by atoms with van der Waals surface area (Å²) in [4.78, 5) is 22.2. The van der Waals surface area contributed by atoms with Crippen LogP contribution in [0.3, 0.4) is 0 Å². The number of carbonyl (C=O) groups is 1. The van der Waals surface area contributed by atoms with Crippen molar-refractivity contribution in [2.75, 3.05) is 16.8 Å². The number of alkyl halides is 2. The first-order chi connectivity index (χ1) is 12.3. The van der Waals surface area contributed by atoms with Crippen molar-refractivity contribution in [3.8, 4) is 0 Å². The average molecular weight is 358 g/mol. The van der Waals surface area contributed by atoms with Crippen LogP contribution in [0.4, 0.5) is 26.1 Å². The summed E-state index contributed by atoms with van der Waals surface area (Å²) in [5.41, 5.74) is 1.76. The van der Waals surface area contributed by atoms with Crippen molar-refractivity contribution in [3.05, 3.63) is 41.7 Å². The smallest absolute Gasteiger partial charge is 0.287 e. The van der Waals surface area contributed by atoms with Gasteiger partial charge in [-0.05, 0) is 25.0 Å². The Morgan fingerprint density at radius 1 is 1.38 bits per heavy atom. The lowest BCUT2D eigenvalue weighted by Gasteiger charge is -2.21. The van der Waals surface area contributed by atoms with E-state index in [1.807, 2.05) is 11.0 Å². The van der Waals surface area contributed by atoms with Gasteiger partial charge in [0.1, 0.15) is 17.3 Å². The maximum absolute atomic E-state index is 13.7. The summed E-state index contributed by atoms with van der Waals surface area (Å²) in [6.45, 7) is 3.32. The van der Waals surface area contributed by atoms with Crippen molar-refractivity contribution in [3.63, 3.8) is 0 Å². The van der Waals surface area contributed by atoms with Gasteiger partial charge in [-0.3, -0.25) is 4.79 Å². The number of halogens is 2. The Morgan fingerprint density at radius 2 is 2.15 bits per heavy atom. The van der Waals surface area contributed by atoms with Gasteiger partial charge in [0, 0.05) is 43.1 Å². The molecule has 2 aromatic heterocycles. The maximum atomic E-state index is 13.7. The second-order valence-electron chi connectivity index (χ2n) is 7.12. The first kappa shape index (κ1) is 16.9. The van der Waals surface area contributed by atoms with Crippen LogP contribution in [0.15, 0.2) is 30.5 Å². The molecule has 1 aliphatic heterocycles. The summed E-state index contributed by atoms with van der Waals surface area (Å²) in [7, 11) is 0. The van der Waals surface area contributed by atoms with E-state index >= 15 is 0 Å². The van der Waals surface area contributed by atoms with E-state index in [1.54, 1.807) is 25.3 Å². The number of carbonyl (C=O) groups excluding carboxylic acids is 1. The number of rotatable bonds is 4. The van der Waals surface area contributed by atoms with Crippen molar-refractivity contribution >= 4 is 23.2 Å².